The van der Waals surface area contributed by atoms with Crippen LogP contribution >= 0.6 is 0 Å². The Hall–Kier alpha value is -1.64. The van der Waals surface area contributed by atoms with E-state index in [1.807, 2.05) is 13.8 Å². The third-order valence-electron chi connectivity index (χ3n) is 2.79. The van der Waals surface area contributed by atoms with Crippen molar-refractivity contribution in [3.8, 4) is 0 Å². The maximum atomic E-state index is 13.2. The van der Waals surface area contributed by atoms with E-state index in [1.54, 1.807) is 6.07 Å². The zero-order valence-electron chi connectivity index (χ0n) is 9.43. The Morgan fingerprint density at radius 1 is 1.38 bits per heavy atom. The van der Waals surface area contributed by atoms with E-state index < -0.39 is 0 Å². The molecular weight excluding hydrogens is 205 g/mol. The van der Waals surface area contributed by atoms with Gasteiger partial charge in [0.1, 0.15) is 5.82 Å². The average Bonchev–Trinajstić information content (AvgIpc) is 2.65. The van der Waals surface area contributed by atoms with Gasteiger partial charge < -0.3 is 4.98 Å². The van der Waals surface area contributed by atoms with E-state index >= 15 is 0 Å². The monoisotopic (exact) mass is 219 g/mol. The van der Waals surface area contributed by atoms with Crippen molar-refractivity contribution in [2.24, 2.45) is 0 Å². The molecule has 3 heteroatoms. The number of aromatic nitrogens is 1. The van der Waals surface area contributed by atoms with Crippen LogP contribution in [0.1, 0.15) is 36.3 Å². The number of carbonyl (C=O) groups excluding carboxylic acids is 1. The highest BCUT2D eigenvalue weighted by molar-refractivity contribution is 6.09. The van der Waals surface area contributed by atoms with Crippen molar-refractivity contribution in [2.45, 2.75) is 26.7 Å². The maximum absolute atomic E-state index is 13.2. The highest BCUT2D eigenvalue weighted by Crippen LogP contribution is 2.25. The summed E-state index contributed by atoms with van der Waals surface area (Å²) in [5, 5.41) is 0.698. The molecule has 0 saturated carbocycles. The van der Waals surface area contributed by atoms with E-state index in [0.29, 0.717) is 17.4 Å². The first-order valence-electron chi connectivity index (χ1n) is 5.50. The minimum absolute atomic E-state index is 0.0636. The lowest BCUT2D eigenvalue weighted by atomic mass is 10.0. The molecule has 0 saturated heterocycles. The fourth-order valence-corrected chi connectivity index (χ4v) is 1.98. The Balaban J connectivity index is 2.75. The molecule has 1 N–H and O–H groups in total. The number of rotatable bonds is 3. The summed E-state index contributed by atoms with van der Waals surface area (Å²) in [6, 6.07) is 4.50. The minimum atomic E-state index is -0.306. The van der Waals surface area contributed by atoms with Gasteiger partial charge in [-0.05, 0) is 24.6 Å². The second kappa shape index (κ2) is 4.08. The summed E-state index contributed by atoms with van der Waals surface area (Å²) in [4.78, 5) is 15.0. The van der Waals surface area contributed by atoms with E-state index in [0.717, 1.165) is 17.6 Å². The molecule has 84 valence electrons. The smallest absolute Gasteiger partial charge is 0.165 e. The number of aromatic amines is 1. The molecule has 16 heavy (non-hydrogen) atoms. The topological polar surface area (TPSA) is 32.9 Å². The number of aryl methyl sites for hydroxylation is 1. The van der Waals surface area contributed by atoms with Gasteiger partial charge in [0.2, 0.25) is 0 Å². The second-order valence-corrected chi connectivity index (χ2v) is 3.80. The number of fused-ring (bicyclic) bond motifs is 1. The maximum Gasteiger partial charge on any atom is 0.165 e. The van der Waals surface area contributed by atoms with Crippen molar-refractivity contribution in [3.05, 3.63) is 35.3 Å². The lowest BCUT2D eigenvalue weighted by Crippen LogP contribution is -1.99. The van der Waals surface area contributed by atoms with E-state index in [9.17, 15) is 9.18 Å². The average molecular weight is 219 g/mol. The van der Waals surface area contributed by atoms with Crippen LogP contribution in [-0.2, 0) is 6.42 Å². The molecule has 0 fully saturated rings. The van der Waals surface area contributed by atoms with Gasteiger partial charge in [-0.2, -0.15) is 0 Å². The largest absolute Gasteiger partial charge is 0.358 e. The molecule has 0 aliphatic carbocycles. The second-order valence-electron chi connectivity index (χ2n) is 3.80. The summed E-state index contributed by atoms with van der Waals surface area (Å²) in [6.07, 6.45) is 1.19. The van der Waals surface area contributed by atoms with Crippen LogP contribution in [0.2, 0.25) is 0 Å². The standard InChI is InChI=1S/C13H14FNO/c1-3-10-13(12(16)4-2)9-7-8(14)5-6-11(9)15-10/h5-7,15H,3-4H2,1-2H3. The van der Waals surface area contributed by atoms with Gasteiger partial charge in [0.25, 0.3) is 0 Å². The summed E-state index contributed by atoms with van der Waals surface area (Å²) in [7, 11) is 0. The van der Waals surface area contributed by atoms with E-state index in [-0.39, 0.29) is 11.6 Å². The first kappa shape index (κ1) is 10.9. The highest BCUT2D eigenvalue weighted by Gasteiger charge is 2.16. The van der Waals surface area contributed by atoms with Gasteiger partial charge in [0.05, 0.1) is 0 Å². The Kier molecular flexibility index (Phi) is 2.77. The summed E-state index contributed by atoms with van der Waals surface area (Å²) < 4.78 is 13.2. The summed E-state index contributed by atoms with van der Waals surface area (Å²) in [6.45, 7) is 3.80. The lowest BCUT2D eigenvalue weighted by Gasteiger charge is -1.99. The van der Waals surface area contributed by atoms with Gasteiger partial charge in [-0.1, -0.05) is 13.8 Å². The first-order chi connectivity index (χ1) is 7.67. The lowest BCUT2D eigenvalue weighted by molar-refractivity contribution is 0.0989. The molecule has 2 aromatic rings. The van der Waals surface area contributed by atoms with Gasteiger partial charge >= 0.3 is 0 Å². The summed E-state index contributed by atoms with van der Waals surface area (Å²) in [5.74, 6) is -0.243. The number of halogens is 1. The molecule has 1 aromatic carbocycles. The van der Waals surface area contributed by atoms with Crippen LogP contribution in [0.15, 0.2) is 18.2 Å². The van der Waals surface area contributed by atoms with Crippen LogP contribution in [0.25, 0.3) is 10.9 Å². The van der Waals surface area contributed by atoms with Crippen molar-refractivity contribution in [1.82, 2.24) is 4.98 Å². The fourth-order valence-electron chi connectivity index (χ4n) is 1.98. The molecule has 0 unspecified atom stereocenters. The fraction of sp³-hybridized carbons (Fsp3) is 0.308. The zero-order valence-corrected chi connectivity index (χ0v) is 9.43. The number of hydrogen-bond donors (Lipinski definition) is 1. The van der Waals surface area contributed by atoms with Crippen LogP contribution in [0.4, 0.5) is 4.39 Å². The Labute approximate surface area is 93.5 Å². The number of Topliss-reactive ketones (excluding diaryl/α,β-unsaturated/α-hetero) is 1. The predicted molar refractivity (Wildman–Crippen MR) is 62.3 cm³/mol. The van der Waals surface area contributed by atoms with Gasteiger partial charge in [-0.15, -0.1) is 0 Å². The van der Waals surface area contributed by atoms with Gasteiger partial charge in [0, 0.05) is 28.6 Å². The molecule has 0 amide bonds. The van der Waals surface area contributed by atoms with E-state index in [4.69, 9.17) is 0 Å². The van der Waals surface area contributed by atoms with E-state index in [1.165, 1.54) is 12.1 Å². The number of ketones is 1. The molecule has 1 aromatic heterocycles. The molecule has 0 aliphatic heterocycles. The van der Waals surface area contributed by atoms with Crippen LogP contribution in [0.3, 0.4) is 0 Å². The number of benzene rings is 1. The van der Waals surface area contributed by atoms with Crippen LogP contribution < -0.4 is 0 Å². The summed E-state index contributed by atoms with van der Waals surface area (Å²) >= 11 is 0. The van der Waals surface area contributed by atoms with Crippen molar-refractivity contribution < 1.29 is 9.18 Å². The first-order valence-corrected chi connectivity index (χ1v) is 5.50. The third kappa shape index (κ3) is 1.62. The van der Waals surface area contributed by atoms with Crippen LogP contribution in [0.5, 0.6) is 0 Å². The molecule has 0 radical (unpaired) electrons. The van der Waals surface area contributed by atoms with Crippen molar-refractivity contribution in [2.75, 3.05) is 0 Å². The molecule has 0 spiro atoms. The normalized spacial score (nSPS) is 10.9. The Morgan fingerprint density at radius 2 is 2.12 bits per heavy atom. The number of hydrogen-bond acceptors (Lipinski definition) is 1. The molecule has 2 rings (SSSR count). The highest BCUT2D eigenvalue weighted by atomic mass is 19.1. The van der Waals surface area contributed by atoms with Gasteiger partial charge in [-0.25, -0.2) is 4.39 Å². The quantitative estimate of drug-likeness (QED) is 0.788. The number of nitrogens with one attached hydrogen (secondary N) is 1. The molecule has 0 aliphatic rings. The third-order valence-corrected chi connectivity index (χ3v) is 2.79. The minimum Gasteiger partial charge on any atom is -0.358 e. The van der Waals surface area contributed by atoms with Crippen LogP contribution in [0, 0.1) is 5.82 Å². The molecule has 2 nitrogen and oxygen atoms in total. The van der Waals surface area contributed by atoms with Crippen molar-refractivity contribution >= 4 is 16.7 Å². The Morgan fingerprint density at radius 3 is 2.75 bits per heavy atom. The van der Waals surface area contributed by atoms with Crippen molar-refractivity contribution in [1.29, 1.82) is 0 Å². The van der Waals surface area contributed by atoms with E-state index in [2.05, 4.69) is 4.98 Å². The number of carbonyl (C=O) groups is 1. The number of H-pyrrole nitrogens is 1. The molecular formula is C13H14FNO. The molecule has 0 atom stereocenters. The predicted octanol–water partition coefficient (Wildman–Crippen LogP) is 3.46. The SMILES string of the molecule is CCC(=O)c1c(CC)[nH]c2ccc(F)cc12. The molecule has 0 bridgehead atoms. The summed E-state index contributed by atoms with van der Waals surface area (Å²) in [5.41, 5.74) is 2.38. The zero-order chi connectivity index (χ0) is 11.7. The van der Waals surface area contributed by atoms with Crippen molar-refractivity contribution in [3.63, 3.8) is 0 Å². The van der Waals surface area contributed by atoms with Gasteiger partial charge in [0.15, 0.2) is 5.78 Å². The molecule has 1 heterocycles. The van der Waals surface area contributed by atoms with Gasteiger partial charge in [-0.3, -0.25) is 4.79 Å². The van der Waals surface area contributed by atoms with Crippen LogP contribution in [-0.4, -0.2) is 10.8 Å². The Bertz CT molecular complexity index is 542.